The number of aliphatic carboxylic acids is 2. The predicted molar refractivity (Wildman–Crippen MR) is 121 cm³/mol. The lowest BCUT2D eigenvalue weighted by Crippen LogP contribution is -2.45. The van der Waals surface area contributed by atoms with E-state index in [0.717, 1.165) is 30.6 Å². The van der Waals surface area contributed by atoms with Gasteiger partial charge in [-0.15, -0.1) is 0 Å². The molecule has 0 heterocycles. The molecule has 4 fully saturated rings. The Morgan fingerprint density at radius 1 is 0.933 bits per heavy atom. The van der Waals surface area contributed by atoms with E-state index in [4.69, 9.17) is 10.2 Å². The van der Waals surface area contributed by atoms with E-state index in [0.29, 0.717) is 17.1 Å². The van der Waals surface area contributed by atoms with Crippen molar-refractivity contribution < 1.29 is 19.8 Å². The van der Waals surface area contributed by atoms with Gasteiger partial charge >= 0.3 is 11.9 Å². The third-order valence-electron chi connectivity index (χ3n) is 7.58. The lowest BCUT2D eigenvalue weighted by molar-refractivity contribution is -0.133. The quantitative estimate of drug-likeness (QED) is 0.401. The molecule has 1 atom stereocenters. The van der Waals surface area contributed by atoms with Crippen LogP contribution < -0.4 is 0 Å². The zero-order valence-electron chi connectivity index (χ0n) is 19.5. The van der Waals surface area contributed by atoms with E-state index >= 15 is 0 Å². The lowest BCUT2D eigenvalue weighted by atomic mass is 9.49. The van der Waals surface area contributed by atoms with E-state index in [1.165, 1.54) is 57.8 Å². The molecule has 170 valence electrons. The molecule has 0 aromatic rings. The Morgan fingerprint density at radius 2 is 1.43 bits per heavy atom. The second kappa shape index (κ2) is 11.2. The molecule has 4 heteroatoms. The number of hydrogen-bond acceptors (Lipinski definition) is 2. The lowest BCUT2D eigenvalue weighted by Gasteiger charge is -2.56. The van der Waals surface area contributed by atoms with Gasteiger partial charge in [0.2, 0.25) is 0 Å². The fourth-order valence-corrected chi connectivity index (χ4v) is 6.29. The average molecular weight is 419 g/mol. The maximum absolute atomic E-state index is 11.0. The molecule has 4 rings (SSSR count). The van der Waals surface area contributed by atoms with Gasteiger partial charge in [0.25, 0.3) is 0 Å². The summed E-state index contributed by atoms with van der Waals surface area (Å²) in [6.45, 7) is 7.77. The van der Waals surface area contributed by atoms with Crippen molar-refractivity contribution in [1.82, 2.24) is 0 Å². The molecule has 2 N–H and O–H groups in total. The van der Waals surface area contributed by atoms with Gasteiger partial charge in [-0.05, 0) is 87.9 Å². The maximum Gasteiger partial charge on any atom is 0.330 e. The molecule has 0 aromatic carbocycles. The van der Waals surface area contributed by atoms with Gasteiger partial charge in [0.15, 0.2) is 0 Å². The largest absolute Gasteiger partial charge is 0.478 e. The first-order valence-corrected chi connectivity index (χ1v) is 12.0. The smallest absolute Gasteiger partial charge is 0.330 e. The van der Waals surface area contributed by atoms with E-state index in [2.05, 4.69) is 19.9 Å². The van der Waals surface area contributed by atoms with Crippen LogP contribution in [0.5, 0.6) is 0 Å². The molecule has 0 aromatic heterocycles. The molecule has 30 heavy (non-hydrogen) atoms. The van der Waals surface area contributed by atoms with Crippen LogP contribution >= 0.6 is 0 Å². The number of unbranched alkanes of at least 4 members (excludes halogenated alkanes) is 1. The summed E-state index contributed by atoms with van der Waals surface area (Å²) in [5.41, 5.74) is 1.29. The van der Waals surface area contributed by atoms with Crippen LogP contribution in [0.25, 0.3) is 0 Å². The number of carboxylic acid groups (broad SMARTS) is 2. The van der Waals surface area contributed by atoms with Gasteiger partial charge < -0.3 is 10.2 Å². The van der Waals surface area contributed by atoms with Gasteiger partial charge in [-0.1, -0.05) is 51.7 Å². The van der Waals surface area contributed by atoms with Crippen LogP contribution in [0, 0.1) is 29.1 Å². The molecule has 4 nitrogen and oxygen atoms in total. The number of rotatable bonds is 9. The maximum atomic E-state index is 11.0. The van der Waals surface area contributed by atoms with Gasteiger partial charge in [0, 0.05) is 11.1 Å². The summed E-state index contributed by atoms with van der Waals surface area (Å²) in [5, 5.41) is 17.7. The standard InChI is InChI=1S/C14H20O2.C12H22O2/c1-9(13(15)16)5-14-6-10-2-11(7-14)4-12(3-10)8-14;1-4-6-7-11(5-2)9-8-10(3)12(13)14/h5,10-12H,2-4,6-8H2,1H3,(H,15,16);8,11H,4-7,9H2,1-3H3,(H,13,14)/b9-5+;10-8+. The highest BCUT2D eigenvalue weighted by Gasteiger charge is 2.49. The molecule has 4 aliphatic carbocycles. The Bertz CT molecular complexity index is 623. The minimum absolute atomic E-state index is 0.261. The highest BCUT2D eigenvalue weighted by Crippen LogP contribution is 2.60. The number of carbonyl (C=O) groups is 2. The van der Waals surface area contributed by atoms with Crippen molar-refractivity contribution in [1.29, 1.82) is 0 Å². The topological polar surface area (TPSA) is 74.6 Å². The summed E-state index contributed by atoms with van der Waals surface area (Å²) in [4.78, 5) is 21.5. The summed E-state index contributed by atoms with van der Waals surface area (Å²) < 4.78 is 0. The van der Waals surface area contributed by atoms with Crippen LogP contribution in [-0.2, 0) is 9.59 Å². The molecular formula is C26H42O4. The SMILES string of the molecule is C/C(=C\C12CC3CC(CC(C3)C1)C2)C(=O)O.CCCCC(CC)C/C=C(\C)C(=O)O. The minimum Gasteiger partial charge on any atom is -0.478 e. The average Bonchev–Trinajstić information content (AvgIpc) is 2.66. The van der Waals surface area contributed by atoms with E-state index in [1.54, 1.807) is 13.8 Å². The van der Waals surface area contributed by atoms with Crippen LogP contribution in [0.4, 0.5) is 0 Å². The second-order valence-electron chi connectivity index (χ2n) is 10.3. The van der Waals surface area contributed by atoms with Crippen LogP contribution in [0.2, 0.25) is 0 Å². The third-order valence-corrected chi connectivity index (χ3v) is 7.58. The summed E-state index contributed by atoms with van der Waals surface area (Å²) in [6.07, 6.45) is 17.7. The van der Waals surface area contributed by atoms with Crippen molar-refractivity contribution >= 4 is 11.9 Å². The molecular weight excluding hydrogens is 376 g/mol. The monoisotopic (exact) mass is 418 g/mol. The van der Waals surface area contributed by atoms with E-state index < -0.39 is 11.9 Å². The van der Waals surface area contributed by atoms with Crippen LogP contribution in [0.1, 0.15) is 98.3 Å². The van der Waals surface area contributed by atoms with Gasteiger partial charge in [-0.3, -0.25) is 0 Å². The fraction of sp³-hybridized carbons (Fsp3) is 0.769. The molecule has 1 unspecified atom stereocenters. The Labute approximate surface area is 182 Å². The normalized spacial score (nSPS) is 31.1. The highest BCUT2D eigenvalue weighted by atomic mass is 16.4. The van der Waals surface area contributed by atoms with E-state index in [9.17, 15) is 9.59 Å². The van der Waals surface area contributed by atoms with Crippen LogP contribution in [0.3, 0.4) is 0 Å². The Kier molecular flexibility index (Phi) is 9.18. The molecule has 0 aliphatic heterocycles. The Morgan fingerprint density at radius 3 is 1.83 bits per heavy atom. The zero-order valence-corrected chi connectivity index (χ0v) is 19.5. The third kappa shape index (κ3) is 6.99. The zero-order chi connectivity index (χ0) is 22.3. The molecule has 0 saturated heterocycles. The fourth-order valence-electron chi connectivity index (χ4n) is 6.29. The van der Waals surface area contributed by atoms with Gasteiger partial charge in [-0.25, -0.2) is 9.59 Å². The van der Waals surface area contributed by atoms with Crippen molar-refractivity contribution in [2.75, 3.05) is 0 Å². The van der Waals surface area contributed by atoms with Crippen molar-refractivity contribution in [3.63, 3.8) is 0 Å². The number of hydrogen-bond donors (Lipinski definition) is 2. The molecule has 0 amide bonds. The Hall–Kier alpha value is -1.58. The van der Waals surface area contributed by atoms with Crippen molar-refractivity contribution in [3.8, 4) is 0 Å². The highest BCUT2D eigenvalue weighted by molar-refractivity contribution is 5.86. The van der Waals surface area contributed by atoms with Crippen molar-refractivity contribution in [2.45, 2.75) is 98.3 Å². The number of carboxylic acids is 2. The van der Waals surface area contributed by atoms with Crippen molar-refractivity contribution in [3.05, 3.63) is 23.3 Å². The van der Waals surface area contributed by atoms with Crippen LogP contribution in [0.15, 0.2) is 23.3 Å². The van der Waals surface area contributed by atoms with Crippen LogP contribution in [-0.4, -0.2) is 22.2 Å². The first-order valence-electron chi connectivity index (χ1n) is 12.0. The second-order valence-corrected chi connectivity index (χ2v) is 10.3. The van der Waals surface area contributed by atoms with E-state index in [1.807, 2.05) is 6.08 Å². The first-order chi connectivity index (χ1) is 14.2. The van der Waals surface area contributed by atoms with Gasteiger partial charge in [-0.2, -0.15) is 0 Å². The minimum atomic E-state index is -0.796. The molecule has 4 aliphatic rings. The molecule has 4 saturated carbocycles. The molecule has 0 radical (unpaired) electrons. The summed E-state index contributed by atoms with van der Waals surface area (Å²) in [6, 6.07) is 0. The van der Waals surface area contributed by atoms with Crippen molar-refractivity contribution in [2.24, 2.45) is 29.1 Å². The summed E-state index contributed by atoms with van der Waals surface area (Å²) in [5.74, 6) is 1.80. The van der Waals surface area contributed by atoms with E-state index in [-0.39, 0.29) is 5.41 Å². The summed E-state index contributed by atoms with van der Waals surface area (Å²) >= 11 is 0. The predicted octanol–water partition coefficient (Wildman–Crippen LogP) is 6.86. The Balaban J connectivity index is 0.000000217. The van der Waals surface area contributed by atoms with Gasteiger partial charge in [0.05, 0.1) is 0 Å². The molecule has 0 spiro atoms. The number of allylic oxidation sites excluding steroid dienone is 2. The first kappa shape index (κ1) is 24.7. The molecule has 4 bridgehead atoms. The van der Waals surface area contributed by atoms with Gasteiger partial charge in [0.1, 0.15) is 0 Å². The summed E-state index contributed by atoms with van der Waals surface area (Å²) in [7, 11) is 0.